The van der Waals surface area contributed by atoms with E-state index < -0.39 is 4.92 Å². The third-order valence-corrected chi connectivity index (χ3v) is 3.34. The highest BCUT2D eigenvalue weighted by Gasteiger charge is 2.17. The van der Waals surface area contributed by atoms with Gasteiger partial charge in [0.05, 0.1) is 4.92 Å². The van der Waals surface area contributed by atoms with Gasteiger partial charge in [-0.05, 0) is 12.1 Å². The Balaban J connectivity index is 2.05. The second-order valence-electron chi connectivity index (χ2n) is 5.45. The normalized spacial score (nSPS) is 10.7. The van der Waals surface area contributed by atoms with Crippen molar-refractivity contribution in [2.75, 3.05) is 18.9 Å². The maximum absolute atomic E-state index is 11.6. The molecule has 0 atom stereocenters. The number of benzene rings is 1. The largest absolute Gasteiger partial charge is 0.379 e. The van der Waals surface area contributed by atoms with Gasteiger partial charge in [0.15, 0.2) is 5.82 Å². The summed E-state index contributed by atoms with van der Waals surface area (Å²) in [4.78, 5) is 26.5. The van der Waals surface area contributed by atoms with Crippen molar-refractivity contribution >= 4 is 17.3 Å². The van der Waals surface area contributed by atoms with E-state index in [9.17, 15) is 14.9 Å². The van der Waals surface area contributed by atoms with E-state index >= 15 is 0 Å². The quantitative estimate of drug-likeness (QED) is 0.587. The number of rotatable bonds is 7. The summed E-state index contributed by atoms with van der Waals surface area (Å²) >= 11 is 0. The molecule has 1 aromatic carbocycles. The van der Waals surface area contributed by atoms with Gasteiger partial charge in [0, 0.05) is 37.6 Å². The molecule has 2 N–H and O–H groups in total. The van der Waals surface area contributed by atoms with Crippen molar-refractivity contribution in [1.82, 2.24) is 15.5 Å². The van der Waals surface area contributed by atoms with Crippen LogP contribution in [0.25, 0.3) is 0 Å². The Bertz CT molecular complexity index is 741. The molecular weight excluding hydrogens is 314 g/mol. The molecule has 1 amide bonds. The first kappa shape index (κ1) is 17.4. The molecule has 0 bridgehead atoms. The van der Waals surface area contributed by atoms with Crippen molar-refractivity contribution < 1.29 is 14.2 Å². The van der Waals surface area contributed by atoms with Crippen LogP contribution in [0.1, 0.15) is 41.8 Å². The zero-order valence-electron chi connectivity index (χ0n) is 13.7. The Kier molecular flexibility index (Phi) is 5.46. The minimum atomic E-state index is -0.529. The second kappa shape index (κ2) is 7.53. The number of carbonyl (C=O) groups is 1. The highest BCUT2D eigenvalue weighted by molar-refractivity contribution is 5.95. The first-order valence-electron chi connectivity index (χ1n) is 7.49. The fraction of sp³-hybridized carbons (Fsp3) is 0.400. The molecule has 0 unspecified atom stereocenters. The summed E-state index contributed by atoms with van der Waals surface area (Å²) < 4.78 is 5.12. The van der Waals surface area contributed by atoms with Crippen molar-refractivity contribution in [2.45, 2.75) is 26.2 Å². The Morgan fingerprint density at radius 1 is 1.42 bits per heavy atom. The van der Waals surface area contributed by atoms with E-state index in [1.54, 1.807) is 0 Å². The molecule has 2 rings (SSSR count). The molecule has 0 aliphatic heterocycles. The van der Waals surface area contributed by atoms with Crippen LogP contribution in [0.3, 0.4) is 0 Å². The van der Waals surface area contributed by atoms with Crippen LogP contribution in [0.2, 0.25) is 0 Å². The number of nitro benzene ring substituents is 1. The third-order valence-electron chi connectivity index (χ3n) is 3.34. The van der Waals surface area contributed by atoms with Crippen LogP contribution in [0.15, 0.2) is 22.7 Å². The molecule has 0 spiro atoms. The van der Waals surface area contributed by atoms with Crippen molar-refractivity contribution in [1.29, 1.82) is 0 Å². The number of nitrogens with zero attached hydrogens (tertiary/aromatic N) is 3. The zero-order valence-corrected chi connectivity index (χ0v) is 13.7. The number of carbonyl (C=O) groups excluding carboxylic acids is 1. The first-order chi connectivity index (χ1) is 11.4. The number of hydrogen-bond donors (Lipinski definition) is 2. The van der Waals surface area contributed by atoms with Crippen LogP contribution in [-0.2, 0) is 6.42 Å². The van der Waals surface area contributed by atoms with Crippen LogP contribution in [0.5, 0.6) is 0 Å². The molecule has 2 aromatic rings. The van der Waals surface area contributed by atoms with Crippen LogP contribution < -0.4 is 10.6 Å². The lowest BCUT2D eigenvalue weighted by atomic mass is 10.1. The molecule has 9 nitrogen and oxygen atoms in total. The maximum Gasteiger partial charge on any atom is 0.293 e. The molecule has 9 heteroatoms. The summed E-state index contributed by atoms with van der Waals surface area (Å²) in [5.41, 5.74) is 0.397. The average molecular weight is 333 g/mol. The number of hydrogen-bond acceptors (Lipinski definition) is 7. The average Bonchev–Trinajstić information content (AvgIpc) is 3.03. The summed E-state index contributed by atoms with van der Waals surface area (Å²) in [6, 6.07) is 4.28. The lowest BCUT2D eigenvalue weighted by Gasteiger charge is -2.07. The third kappa shape index (κ3) is 4.06. The van der Waals surface area contributed by atoms with Gasteiger partial charge in [-0.25, -0.2) is 0 Å². The standard InChI is InChI=1S/C15H19N5O4/c1-9(2)14-18-13(24-19-14)6-7-17-11-5-4-10(15(21)16-3)8-12(11)20(22)23/h4-5,8-9,17H,6-7H2,1-3H3,(H,16,21). The molecule has 0 saturated heterocycles. The first-order valence-corrected chi connectivity index (χ1v) is 7.49. The maximum atomic E-state index is 11.6. The number of nitro groups is 1. The van der Waals surface area contributed by atoms with Crippen molar-refractivity contribution in [3.8, 4) is 0 Å². The number of amides is 1. The summed E-state index contributed by atoms with van der Waals surface area (Å²) in [6.45, 7) is 4.31. The van der Waals surface area contributed by atoms with E-state index in [1.165, 1.54) is 25.2 Å². The monoisotopic (exact) mass is 333 g/mol. The Morgan fingerprint density at radius 3 is 2.75 bits per heavy atom. The second-order valence-corrected chi connectivity index (χ2v) is 5.45. The van der Waals surface area contributed by atoms with Crippen molar-refractivity contribution in [2.24, 2.45) is 0 Å². The number of anilines is 1. The van der Waals surface area contributed by atoms with Crippen LogP contribution in [0, 0.1) is 10.1 Å². The Labute approximate surface area is 138 Å². The van der Waals surface area contributed by atoms with Gasteiger partial charge in [-0.2, -0.15) is 4.98 Å². The summed E-state index contributed by atoms with van der Waals surface area (Å²) in [5.74, 6) is 0.896. The van der Waals surface area contributed by atoms with Crippen molar-refractivity contribution in [3.63, 3.8) is 0 Å². The van der Waals surface area contributed by atoms with Gasteiger partial charge >= 0.3 is 0 Å². The number of aromatic nitrogens is 2. The van der Waals surface area contributed by atoms with Gasteiger partial charge in [0.25, 0.3) is 11.6 Å². The van der Waals surface area contributed by atoms with Crippen LogP contribution in [-0.4, -0.2) is 34.6 Å². The number of nitrogens with one attached hydrogen (secondary N) is 2. The molecule has 24 heavy (non-hydrogen) atoms. The molecule has 0 aliphatic carbocycles. The predicted octanol–water partition coefficient (Wildman–Crippen LogP) is 2.12. The fourth-order valence-corrected chi connectivity index (χ4v) is 2.03. The molecule has 1 aromatic heterocycles. The van der Waals surface area contributed by atoms with Gasteiger partial charge < -0.3 is 15.2 Å². The molecule has 128 valence electrons. The van der Waals surface area contributed by atoms with Gasteiger partial charge in [0.1, 0.15) is 5.69 Å². The highest BCUT2D eigenvalue weighted by atomic mass is 16.6. The zero-order chi connectivity index (χ0) is 17.7. The molecule has 0 fully saturated rings. The Hall–Kier alpha value is -2.97. The van der Waals surface area contributed by atoms with Gasteiger partial charge in [-0.15, -0.1) is 0 Å². The van der Waals surface area contributed by atoms with Gasteiger partial charge in [-0.1, -0.05) is 19.0 Å². The molecule has 0 radical (unpaired) electrons. The minimum absolute atomic E-state index is 0.163. The van der Waals surface area contributed by atoms with Crippen LogP contribution >= 0.6 is 0 Å². The summed E-state index contributed by atoms with van der Waals surface area (Å²) in [5, 5.41) is 20.4. The van der Waals surface area contributed by atoms with E-state index in [1.807, 2.05) is 13.8 Å². The van der Waals surface area contributed by atoms with E-state index in [2.05, 4.69) is 20.8 Å². The summed E-state index contributed by atoms with van der Waals surface area (Å²) in [6.07, 6.45) is 0.439. The smallest absolute Gasteiger partial charge is 0.293 e. The molecular formula is C15H19N5O4. The van der Waals surface area contributed by atoms with E-state index in [0.717, 1.165) is 0 Å². The van der Waals surface area contributed by atoms with Crippen LogP contribution in [0.4, 0.5) is 11.4 Å². The lowest BCUT2D eigenvalue weighted by Crippen LogP contribution is -2.18. The van der Waals surface area contributed by atoms with Gasteiger partial charge in [-0.3, -0.25) is 14.9 Å². The SMILES string of the molecule is CNC(=O)c1ccc(NCCc2nc(C(C)C)no2)c([N+](=O)[O-])c1. The fourth-order valence-electron chi connectivity index (χ4n) is 2.03. The minimum Gasteiger partial charge on any atom is -0.379 e. The highest BCUT2D eigenvalue weighted by Crippen LogP contribution is 2.25. The Morgan fingerprint density at radius 2 is 2.17 bits per heavy atom. The predicted molar refractivity (Wildman–Crippen MR) is 87.1 cm³/mol. The molecule has 1 heterocycles. The van der Waals surface area contributed by atoms with E-state index in [-0.39, 0.29) is 23.1 Å². The lowest BCUT2D eigenvalue weighted by molar-refractivity contribution is -0.384. The van der Waals surface area contributed by atoms with E-state index in [0.29, 0.717) is 30.4 Å². The van der Waals surface area contributed by atoms with Crippen molar-refractivity contribution in [3.05, 3.63) is 45.6 Å². The van der Waals surface area contributed by atoms with Gasteiger partial charge in [0.2, 0.25) is 5.89 Å². The topological polar surface area (TPSA) is 123 Å². The summed E-state index contributed by atoms with van der Waals surface area (Å²) in [7, 11) is 1.47. The van der Waals surface area contributed by atoms with E-state index in [4.69, 9.17) is 4.52 Å². The molecule has 0 aliphatic rings. The molecule has 0 saturated carbocycles.